The molecule has 2 rings (SSSR count). The van der Waals surface area contributed by atoms with Gasteiger partial charge in [0.2, 0.25) is 0 Å². The minimum atomic E-state index is -1.51. The number of carbonyl (C=O) groups is 1. The molecule has 3 N–H and O–H groups in total. The maximum atomic E-state index is 14.7. The minimum Gasteiger partial charge on any atom is -0.506 e. The fourth-order valence-electron chi connectivity index (χ4n) is 2.60. The number of amides is 2. The van der Waals surface area contributed by atoms with Gasteiger partial charge in [-0.3, -0.25) is 9.21 Å². The zero-order valence-electron chi connectivity index (χ0n) is 12.3. The van der Waals surface area contributed by atoms with Crippen molar-refractivity contribution in [1.29, 1.82) is 0 Å². The standard InChI is InChI=1S/C14H18Cl2FN3O2S/c15-10-5-9(12(21)11(16)6-10)7-19-3-1-14(17,2-4-19)8-20(23)13(18)22/h5-6,21,23H,1-4,7-8H2,(H2,18,22). The molecule has 0 radical (unpaired) electrons. The molecule has 0 saturated carbocycles. The largest absolute Gasteiger partial charge is 0.506 e. The van der Waals surface area contributed by atoms with E-state index in [1.165, 1.54) is 6.07 Å². The van der Waals surface area contributed by atoms with Crippen LogP contribution in [0.1, 0.15) is 18.4 Å². The number of benzene rings is 1. The number of urea groups is 1. The predicted molar refractivity (Wildman–Crippen MR) is 91.8 cm³/mol. The second-order valence-electron chi connectivity index (χ2n) is 5.72. The first-order valence-electron chi connectivity index (χ1n) is 7.04. The van der Waals surface area contributed by atoms with E-state index in [0.29, 0.717) is 30.2 Å². The van der Waals surface area contributed by atoms with Crippen LogP contribution in [0, 0.1) is 0 Å². The van der Waals surface area contributed by atoms with E-state index in [9.17, 15) is 14.3 Å². The Morgan fingerprint density at radius 2 is 2.04 bits per heavy atom. The summed E-state index contributed by atoms with van der Waals surface area (Å²) < 4.78 is 15.6. The molecule has 23 heavy (non-hydrogen) atoms. The number of nitrogens with two attached hydrogens (primary N) is 1. The maximum absolute atomic E-state index is 14.7. The number of nitrogens with zero attached hydrogens (tertiary/aromatic N) is 2. The van der Waals surface area contributed by atoms with Gasteiger partial charge in [-0.15, -0.1) is 0 Å². The summed E-state index contributed by atoms with van der Waals surface area (Å²) in [6.07, 6.45) is 0.485. The first kappa shape index (κ1) is 18.4. The Balaban J connectivity index is 1.96. The number of hydrogen-bond donors (Lipinski definition) is 3. The number of rotatable bonds is 4. The maximum Gasteiger partial charge on any atom is 0.324 e. The predicted octanol–water partition coefficient (Wildman–Crippen LogP) is 3.23. The molecule has 0 spiro atoms. The van der Waals surface area contributed by atoms with E-state index in [1.807, 2.05) is 4.90 Å². The van der Waals surface area contributed by atoms with Crippen molar-refractivity contribution in [3.8, 4) is 5.75 Å². The van der Waals surface area contributed by atoms with Gasteiger partial charge in [-0.2, -0.15) is 0 Å². The van der Waals surface area contributed by atoms with Gasteiger partial charge in [-0.1, -0.05) is 36.0 Å². The Kier molecular flexibility index (Phi) is 5.89. The highest BCUT2D eigenvalue weighted by Crippen LogP contribution is 2.34. The molecule has 0 aliphatic carbocycles. The summed E-state index contributed by atoms with van der Waals surface area (Å²) in [5.41, 5.74) is 4.15. The van der Waals surface area contributed by atoms with Crippen molar-refractivity contribution in [3.05, 3.63) is 27.7 Å². The average molecular weight is 382 g/mol. The second-order valence-corrected chi connectivity index (χ2v) is 7.04. The highest BCUT2D eigenvalue weighted by atomic mass is 35.5. The van der Waals surface area contributed by atoms with Crippen molar-refractivity contribution in [1.82, 2.24) is 9.21 Å². The molecular formula is C14H18Cl2FN3O2S. The van der Waals surface area contributed by atoms with E-state index in [-0.39, 0.29) is 30.2 Å². The van der Waals surface area contributed by atoms with Crippen LogP contribution in [0.5, 0.6) is 5.75 Å². The molecule has 0 unspecified atom stereocenters. The van der Waals surface area contributed by atoms with Crippen molar-refractivity contribution >= 4 is 42.0 Å². The number of phenolic OH excluding ortho intramolecular Hbond substituents is 1. The summed E-state index contributed by atoms with van der Waals surface area (Å²) in [5.74, 6) is -0.0107. The van der Waals surface area contributed by atoms with Gasteiger partial charge >= 0.3 is 6.03 Å². The minimum absolute atomic E-state index is 0.0107. The van der Waals surface area contributed by atoms with E-state index >= 15 is 0 Å². The first-order valence-corrected chi connectivity index (χ1v) is 8.20. The van der Waals surface area contributed by atoms with Crippen LogP contribution in [0.2, 0.25) is 10.0 Å². The number of phenols is 1. The van der Waals surface area contributed by atoms with Crippen LogP contribution >= 0.6 is 36.0 Å². The monoisotopic (exact) mass is 381 g/mol. The molecule has 1 heterocycles. The van der Waals surface area contributed by atoms with Gasteiger partial charge < -0.3 is 10.8 Å². The molecule has 1 saturated heterocycles. The number of aromatic hydroxyl groups is 1. The number of piperidine rings is 1. The lowest BCUT2D eigenvalue weighted by Gasteiger charge is -2.37. The van der Waals surface area contributed by atoms with Crippen molar-refractivity contribution in [2.45, 2.75) is 25.1 Å². The van der Waals surface area contributed by atoms with Gasteiger partial charge in [-0.25, -0.2) is 9.18 Å². The molecule has 1 fully saturated rings. The average Bonchev–Trinajstić information content (AvgIpc) is 2.46. The number of halogens is 3. The van der Waals surface area contributed by atoms with Crippen LogP contribution in [0.3, 0.4) is 0 Å². The SMILES string of the molecule is NC(=O)N(S)CC1(F)CCN(Cc2cc(Cl)cc(Cl)c2O)CC1. The Labute approximate surface area is 149 Å². The van der Waals surface area contributed by atoms with Crippen molar-refractivity contribution in [2.75, 3.05) is 19.6 Å². The van der Waals surface area contributed by atoms with E-state index in [1.54, 1.807) is 6.07 Å². The number of carbonyl (C=O) groups excluding carboxylic acids is 1. The van der Waals surface area contributed by atoms with Gasteiger partial charge in [0, 0.05) is 30.2 Å². The first-order chi connectivity index (χ1) is 10.7. The summed E-state index contributed by atoms with van der Waals surface area (Å²) in [5, 5.41) is 10.6. The molecule has 2 amide bonds. The lowest BCUT2D eigenvalue weighted by molar-refractivity contribution is 0.0461. The molecular weight excluding hydrogens is 364 g/mol. The Morgan fingerprint density at radius 3 is 2.61 bits per heavy atom. The molecule has 0 aromatic heterocycles. The fraction of sp³-hybridized carbons (Fsp3) is 0.500. The number of likely N-dealkylation sites (tertiary alicyclic amines) is 1. The molecule has 1 aliphatic heterocycles. The van der Waals surface area contributed by atoms with Gasteiger partial charge in [-0.05, 0) is 25.0 Å². The van der Waals surface area contributed by atoms with Crippen molar-refractivity contribution < 1.29 is 14.3 Å². The summed E-state index contributed by atoms with van der Waals surface area (Å²) in [6.45, 7) is 1.22. The van der Waals surface area contributed by atoms with Crippen molar-refractivity contribution in [3.63, 3.8) is 0 Å². The fourth-order valence-corrected chi connectivity index (χ4v) is 3.39. The lowest BCUT2D eigenvalue weighted by atomic mass is 9.93. The number of hydrogen-bond acceptors (Lipinski definition) is 4. The third kappa shape index (κ3) is 4.79. The van der Waals surface area contributed by atoms with Crippen LogP contribution in [0.25, 0.3) is 0 Å². The van der Waals surface area contributed by atoms with Crippen LogP contribution < -0.4 is 5.73 Å². The van der Waals surface area contributed by atoms with Gasteiger partial charge in [0.25, 0.3) is 0 Å². The topological polar surface area (TPSA) is 69.8 Å². The Hall–Kier alpha value is -0.890. The summed E-state index contributed by atoms with van der Waals surface area (Å²) in [4.78, 5) is 13.0. The highest BCUT2D eigenvalue weighted by molar-refractivity contribution is 7.78. The summed E-state index contributed by atoms with van der Waals surface area (Å²) in [6, 6.07) is 2.34. The molecule has 1 aromatic rings. The number of alkyl halides is 1. The molecule has 5 nitrogen and oxygen atoms in total. The molecule has 1 aliphatic rings. The van der Waals surface area contributed by atoms with Crippen LogP contribution in [0.4, 0.5) is 9.18 Å². The third-order valence-electron chi connectivity index (χ3n) is 3.94. The lowest BCUT2D eigenvalue weighted by Crippen LogP contribution is -2.48. The van der Waals surface area contributed by atoms with Crippen molar-refractivity contribution in [2.24, 2.45) is 5.73 Å². The highest BCUT2D eigenvalue weighted by Gasteiger charge is 2.36. The zero-order chi connectivity index (χ0) is 17.2. The number of primary amides is 1. The Morgan fingerprint density at radius 1 is 1.43 bits per heavy atom. The normalized spacial score (nSPS) is 17.9. The quantitative estimate of drug-likeness (QED) is 0.701. The smallest absolute Gasteiger partial charge is 0.324 e. The van der Waals surface area contributed by atoms with E-state index in [4.69, 9.17) is 28.9 Å². The van der Waals surface area contributed by atoms with Crippen LogP contribution in [-0.2, 0) is 6.54 Å². The zero-order valence-corrected chi connectivity index (χ0v) is 14.7. The molecule has 9 heteroatoms. The van der Waals surface area contributed by atoms with Gasteiger partial charge in [0.05, 0.1) is 11.6 Å². The van der Waals surface area contributed by atoms with Crippen LogP contribution in [0.15, 0.2) is 12.1 Å². The second kappa shape index (κ2) is 7.34. The van der Waals surface area contributed by atoms with E-state index in [2.05, 4.69) is 12.8 Å². The van der Waals surface area contributed by atoms with Crippen LogP contribution in [-0.4, -0.2) is 45.6 Å². The summed E-state index contributed by atoms with van der Waals surface area (Å²) >= 11 is 15.7. The molecule has 0 bridgehead atoms. The summed E-state index contributed by atoms with van der Waals surface area (Å²) in [7, 11) is 0. The van der Waals surface area contributed by atoms with E-state index < -0.39 is 11.7 Å². The van der Waals surface area contributed by atoms with Gasteiger partial charge in [0.1, 0.15) is 11.4 Å². The Bertz CT molecular complexity index is 598. The molecule has 0 atom stereocenters. The number of thiol groups is 1. The molecule has 1 aromatic carbocycles. The van der Waals surface area contributed by atoms with E-state index in [0.717, 1.165) is 4.31 Å². The molecule has 128 valence electrons. The third-order valence-corrected chi connectivity index (χ3v) is 4.79. The van der Waals surface area contributed by atoms with Gasteiger partial charge in [0.15, 0.2) is 0 Å².